The Bertz CT molecular complexity index is 752. The van der Waals surface area contributed by atoms with Crippen molar-refractivity contribution in [1.29, 1.82) is 0 Å². The van der Waals surface area contributed by atoms with Gasteiger partial charge in [-0.3, -0.25) is 14.4 Å². The van der Waals surface area contributed by atoms with E-state index in [0.717, 1.165) is 5.69 Å². The van der Waals surface area contributed by atoms with Gasteiger partial charge in [0.25, 0.3) is 5.91 Å². The summed E-state index contributed by atoms with van der Waals surface area (Å²) in [6, 6.07) is 13.2. The van der Waals surface area contributed by atoms with Crippen molar-refractivity contribution < 1.29 is 19.1 Å². The molecule has 0 atom stereocenters. The number of esters is 1. The number of amides is 2. The van der Waals surface area contributed by atoms with Gasteiger partial charge in [0.1, 0.15) is 5.75 Å². The summed E-state index contributed by atoms with van der Waals surface area (Å²) in [5.74, 6) is -0.379. The maximum Gasteiger partial charge on any atom is 0.308 e. The van der Waals surface area contributed by atoms with Crippen LogP contribution in [0.4, 0.5) is 11.4 Å². The van der Waals surface area contributed by atoms with Crippen LogP contribution < -0.4 is 15.0 Å². The van der Waals surface area contributed by atoms with E-state index in [1.165, 1.54) is 18.7 Å². The lowest BCUT2D eigenvalue weighted by atomic mass is 10.2. The van der Waals surface area contributed by atoms with Gasteiger partial charge in [0.15, 0.2) is 0 Å². The van der Waals surface area contributed by atoms with E-state index in [0.29, 0.717) is 17.0 Å². The average molecular weight is 326 g/mol. The van der Waals surface area contributed by atoms with Crippen molar-refractivity contribution in [2.24, 2.45) is 0 Å². The summed E-state index contributed by atoms with van der Waals surface area (Å²) >= 11 is 0. The highest BCUT2D eigenvalue weighted by atomic mass is 16.5. The zero-order valence-corrected chi connectivity index (χ0v) is 13.7. The molecule has 124 valence electrons. The summed E-state index contributed by atoms with van der Waals surface area (Å²) in [6.45, 7) is 2.79. The third-order valence-corrected chi connectivity index (χ3v) is 3.36. The summed E-state index contributed by atoms with van der Waals surface area (Å²) in [4.78, 5) is 35.9. The molecule has 0 aliphatic rings. The third kappa shape index (κ3) is 4.42. The van der Waals surface area contributed by atoms with Crippen molar-refractivity contribution in [2.45, 2.75) is 13.8 Å². The highest BCUT2D eigenvalue weighted by Crippen LogP contribution is 2.18. The minimum atomic E-state index is -0.414. The number of benzene rings is 2. The number of carbonyl (C=O) groups is 3. The van der Waals surface area contributed by atoms with Gasteiger partial charge in [-0.2, -0.15) is 0 Å². The molecule has 0 saturated carbocycles. The average Bonchev–Trinajstić information content (AvgIpc) is 2.55. The van der Waals surface area contributed by atoms with E-state index in [1.807, 2.05) is 0 Å². The topological polar surface area (TPSA) is 75.7 Å². The number of rotatable bonds is 4. The zero-order chi connectivity index (χ0) is 17.7. The summed E-state index contributed by atoms with van der Waals surface area (Å²) < 4.78 is 4.92. The van der Waals surface area contributed by atoms with Crippen LogP contribution in [0.2, 0.25) is 0 Å². The highest BCUT2D eigenvalue weighted by Gasteiger charge is 2.09. The Morgan fingerprint density at radius 3 is 2.00 bits per heavy atom. The molecule has 0 radical (unpaired) electrons. The number of nitrogens with one attached hydrogen (secondary N) is 1. The van der Waals surface area contributed by atoms with E-state index >= 15 is 0 Å². The van der Waals surface area contributed by atoms with E-state index in [-0.39, 0.29) is 11.8 Å². The lowest BCUT2D eigenvalue weighted by Crippen LogP contribution is -2.22. The van der Waals surface area contributed by atoms with Crippen molar-refractivity contribution in [3.63, 3.8) is 0 Å². The van der Waals surface area contributed by atoms with Gasteiger partial charge in [-0.15, -0.1) is 0 Å². The SMILES string of the molecule is CC(=O)Oc1ccc(C(=O)Nc2ccc(N(C)C(C)=O)cc2)cc1. The maximum atomic E-state index is 12.2. The van der Waals surface area contributed by atoms with Gasteiger partial charge in [0, 0.05) is 37.8 Å². The molecule has 2 aromatic rings. The molecule has 24 heavy (non-hydrogen) atoms. The zero-order valence-electron chi connectivity index (χ0n) is 13.7. The van der Waals surface area contributed by atoms with Crippen LogP contribution in [0.15, 0.2) is 48.5 Å². The summed E-state index contributed by atoms with van der Waals surface area (Å²) in [5, 5.41) is 2.76. The first-order valence-electron chi connectivity index (χ1n) is 7.31. The molecule has 2 rings (SSSR count). The molecule has 0 heterocycles. The molecule has 0 aromatic heterocycles. The second-order valence-corrected chi connectivity index (χ2v) is 5.20. The molecule has 0 unspecified atom stereocenters. The van der Waals surface area contributed by atoms with Crippen LogP contribution in [0, 0.1) is 0 Å². The first kappa shape index (κ1) is 17.2. The Balaban J connectivity index is 2.04. The molecule has 0 spiro atoms. The summed E-state index contributed by atoms with van der Waals surface area (Å²) in [5.41, 5.74) is 1.80. The van der Waals surface area contributed by atoms with Gasteiger partial charge in [-0.25, -0.2) is 0 Å². The van der Waals surface area contributed by atoms with Crippen LogP contribution in [0.5, 0.6) is 5.75 Å². The van der Waals surface area contributed by atoms with Gasteiger partial charge in [-0.1, -0.05) is 0 Å². The van der Waals surface area contributed by atoms with E-state index < -0.39 is 5.97 Å². The number of anilines is 2. The van der Waals surface area contributed by atoms with Crippen LogP contribution in [-0.2, 0) is 9.59 Å². The van der Waals surface area contributed by atoms with Crippen LogP contribution in [0.3, 0.4) is 0 Å². The second-order valence-electron chi connectivity index (χ2n) is 5.20. The van der Waals surface area contributed by atoms with Crippen molar-refractivity contribution >= 4 is 29.2 Å². The van der Waals surface area contributed by atoms with Crippen molar-refractivity contribution in [1.82, 2.24) is 0 Å². The Kier molecular flexibility index (Phi) is 5.31. The van der Waals surface area contributed by atoms with E-state index in [4.69, 9.17) is 4.74 Å². The third-order valence-electron chi connectivity index (χ3n) is 3.36. The maximum absolute atomic E-state index is 12.2. The molecule has 0 aliphatic heterocycles. The Morgan fingerprint density at radius 2 is 1.50 bits per heavy atom. The normalized spacial score (nSPS) is 9.96. The molecule has 0 fully saturated rings. The number of carbonyl (C=O) groups excluding carboxylic acids is 3. The Hall–Kier alpha value is -3.15. The number of nitrogens with zero attached hydrogens (tertiary/aromatic N) is 1. The minimum Gasteiger partial charge on any atom is -0.427 e. The molecule has 6 heteroatoms. The van der Waals surface area contributed by atoms with Gasteiger partial charge >= 0.3 is 5.97 Å². The van der Waals surface area contributed by atoms with Crippen molar-refractivity contribution in [3.8, 4) is 5.75 Å². The molecule has 0 saturated heterocycles. The van der Waals surface area contributed by atoms with Crippen molar-refractivity contribution in [3.05, 3.63) is 54.1 Å². The lowest BCUT2D eigenvalue weighted by Gasteiger charge is -2.15. The van der Waals surface area contributed by atoms with E-state index in [2.05, 4.69) is 5.32 Å². The predicted molar refractivity (Wildman–Crippen MR) is 91.2 cm³/mol. The molecule has 2 aromatic carbocycles. The minimum absolute atomic E-state index is 0.0698. The van der Waals surface area contributed by atoms with Gasteiger partial charge in [-0.05, 0) is 48.5 Å². The van der Waals surface area contributed by atoms with Crippen molar-refractivity contribution in [2.75, 3.05) is 17.3 Å². The molecule has 1 N–H and O–H groups in total. The monoisotopic (exact) mass is 326 g/mol. The van der Waals surface area contributed by atoms with Crippen LogP contribution in [-0.4, -0.2) is 24.8 Å². The fraction of sp³-hybridized carbons (Fsp3) is 0.167. The smallest absolute Gasteiger partial charge is 0.308 e. The fourth-order valence-electron chi connectivity index (χ4n) is 1.99. The number of hydrogen-bond donors (Lipinski definition) is 1. The van der Waals surface area contributed by atoms with E-state index in [1.54, 1.807) is 55.6 Å². The molecule has 2 amide bonds. The Morgan fingerprint density at radius 1 is 0.917 bits per heavy atom. The largest absolute Gasteiger partial charge is 0.427 e. The summed E-state index contributed by atoms with van der Waals surface area (Å²) in [7, 11) is 1.68. The van der Waals surface area contributed by atoms with E-state index in [9.17, 15) is 14.4 Å². The van der Waals surface area contributed by atoms with Gasteiger partial charge in [0.2, 0.25) is 5.91 Å². The van der Waals surface area contributed by atoms with Crippen LogP contribution in [0.25, 0.3) is 0 Å². The number of hydrogen-bond acceptors (Lipinski definition) is 4. The number of ether oxygens (including phenoxy) is 1. The first-order chi connectivity index (χ1) is 11.4. The predicted octanol–water partition coefficient (Wildman–Crippen LogP) is 2.85. The molecular weight excluding hydrogens is 308 g/mol. The fourth-order valence-corrected chi connectivity index (χ4v) is 1.99. The lowest BCUT2D eigenvalue weighted by molar-refractivity contribution is -0.131. The van der Waals surface area contributed by atoms with Crippen LogP contribution >= 0.6 is 0 Å². The molecule has 0 aliphatic carbocycles. The molecular formula is C18H18N2O4. The summed E-state index contributed by atoms with van der Waals surface area (Å²) in [6.07, 6.45) is 0. The first-order valence-corrected chi connectivity index (χ1v) is 7.31. The standard InChI is InChI=1S/C18H18N2O4/c1-12(21)20(3)16-8-6-15(7-9-16)19-18(23)14-4-10-17(11-5-14)24-13(2)22/h4-11H,1-3H3,(H,19,23). The Labute approximate surface area is 140 Å². The van der Waals surface area contributed by atoms with Crippen LogP contribution in [0.1, 0.15) is 24.2 Å². The van der Waals surface area contributed by atoms with Gasteiger partial charge < -0.3 is 15.0 Å². The molecule has 6 nitrogen and oxygen atoms in total. The van der Waals surface area contributed by atoms with Gasteiger partial charge in [0.05, 0.1) is 0 Å². The quantitative estimate of drug-likeness (QED) is 0.692. The molecule has 0 bridgehead atoms. The second kappa shape index (κ2) is 7.41. The highest BCUT2D eigenvalue weighted by molar-refractivity contribution is 6.04.